The van der Waals surface area contributed by atoms with Gasteiger partial charge in [-0.25, -0.2) is 0 Å². The summed E-state index contributed by atoms with van der Waals surface area (Å²) in [6.07, 6.45) is 5.56. The molecule has 0 heterocycles. The van der Waals surface area contributed by atoms with Gasteiger partial charge in [0.15, 0.2) is 0 Å². The summed E-state index contributed by atoms with van der Waals surface area (Å²) < 4.78 is 5.76. The van der Waals surface area contributed by atoms with Gasteiger partial charge < -0.3 is 10.1 Å². The van der Waals surface area contributed by atoms with Crippen molar-refractivity contribution >= 4 is 5.69 Å². The quantitative estimate of drug-likeness (QED) is 0.767. The van der Waals surface area contributed by atoms with E-state index in [1.807, 2.05) is 6.07 Å². The lowest BCUT2D eigenvalue weighted by Crippen LogP contribution is -2.23. The maximum Gasteiger partial charge on any atom is 0.121 e. The molecule has 1 saturated carbocycles. The van der Waals surface area contributed by atoms with Crippen molar-refractivity contribution in [3.63, 3.8) is 0 Å². The zero-order valence-corrected chi connectivity index (χ0v) is 12.5. The Morgan fingerprint density at radius 1 is 1.26 bits per heavy atom. The standard InChI is InChI=1S/C17H27NO/c1-13(2)12-19-17-9-5-8-16(11-17)18-14(3)10-15-6-4-7-15/h5,8-9,11,13-15,18H,4,6-7,10,12H2,1-3H3. The van der Waals surface area contributed by atoms with Crippen molar-refractivity contribution in [1.82, 2.24) is 0 Å². The Labute approximate surface area is 117 Å². The minimum atomic E-state index is 0.547. The molecule has 0 radical (unpaired) electrons. The van der Waals surface area contributed by atoms with Crippen molar-refractivity contribution in [2.24, 2.45) is 11.8 Å². The van der Waals surface area contributed by atoms with Crippen molar-refractivity contribution < 1.29 is 4.74 Å². The lowest BCUT2D eigenvalue weighted by molar-refractivity contribution is 0.271. The largest absolute Gasteiger partial charge is 0.493 e. The van der Waals surface area contributed by atoms with Crippen LogP contribution in [0, 0.1) is 11.8 Å². The highest BCUT2D eigenvalue weighted by Gasteiger charge is 2.19. The molecule has 19 heavy (non-hydrogen) atoms. The fourth-order valence-electron chi connectivity index (χ4n) is 2.51. The monoisotopic (exact) mass is 261 g/mol. The Kier molecular flexibility index (Phi) is 5.12. The number of benzene rings is 1. The minimum Gasteiger partial charge on any atom is -0.493 e. The van der Waals surface area contributed by atoms with Crippen LogP contribution in [0.4, 0.5) is 5.69 Å². The van der Waals surface area contributed by atoms with E-state index >= 15 is 0 Å². The molecule has 2 heteroatoms. The van der Waals surface area contributed by atoms with Crippen LogP contribution in [0.2, 0.25) is 0 Å². The number of ether oxygens (including phenoxy) is 1. The lowest BCUT2D eigenvalue weighted by Gasteiger charge is -2.29. The van der Waals surface area contributed by atoms with Gasteiger partial charge in [-0.1, -0.05) is 39.2 Å². The summed E-state index contributed by atoms with van der Waals surface area (Å²) in [4.78, 5) is 0. The van der Waals surface area contributed by atoms with Crippen LogP contribution in [0.1, 0.15) is 46.5 Å². The molecule has 1 aromatic carbocycles. The first-order chi connectivity index (χ1) is 9.13. The third-order valence-electron chi connectivity index (χ3n) is 3.74. The zero-order chi connectivity index (χ0) is 13.7. The van der Waals surface area contributed by atoms with Gasteiger partial charge in [0.2, 0.25) is 0 Å². The van der Waals surface area contributed by atoms with Crippen molar-refractivity contribution in [2.75, 3.05) is 11.9 Å². The topological polar surface area (TPSA) is 21.3 Å². The molecule has 1 atom stereocenters. The van der Waals surface area contributed by atoms with E-state index in [0.29, 0.717) is 12.0 Å². The first kappa shape index (κ1) is 14.2. The maximum atomic E-state index is 5.76. The van der Waals surface area contributed by atoms with Crippen molar-refractivity contribution in [3.05, 3.63) is 24.3 Å². The van der Waals surface area contributed by atoms with Crippen LogP contribution in [0.3, 0.4) is 0 Å². The molecule has 106 valence electrons. The number of rotatable bonds is 7. The van der Waals surface area contributed by atoms with E-state index < -0.39 is 0 Å². The third kappa shape index (κ3) is 4.77. The van der Waals surface area contributed by atoms with Crippen LogP contribution < -0.4 is 10.1 Å². The molecule has 1 aliphatic carbocycles. The van der Waals surface area contributed by atoms with Gasteiger partial charge in [0, 0.05) is 17.8 Å². The Bertz CT molecular complexity index is 385. The highest BCUT2D eigenvalue weighted by Crippen LogP contribution is 2.31. The van der Waals surface area contributed by atoms with E-state index in [1.165, 1.54) is 31.4 Å². The normalized spacial score (nSPS) is 17.1. The average Bonchev–Trinajstić information content (AvgIpc) is 2.32. The Morgan fingerprint density at radius 2 is 2.05 bits per heavy atom. The summed E-state index contributed by atoms with van der Waals surface area (Å²) >= 11 is 0. The van der Waals surface area contributed by atoms with Gasteiger partial charge in [-0.2, -0.15) is 0 Å². The molecule has 2 rings (SSSR count). The highest BCUT2D eigenvalue weighted by molar-refractivity contribution is 5.48. The summed E-state index contributed by atoms with van der Waals surface area (Å²) in [6.45, 7) is 7.40. The first-order valence-electron chi connectivity index (χ1n) is 7.63. The van der Waals surface area contributed by atoms with Gasteiger partial charge in [-0.05, 0) is 37.3 Å². The van der Waals surface area contributed by atoms with Crippen molar-refractivity contribution in [2.45, 2.75) is 52.5 Å². The smallest absolute Gasteiger partial charge is 0.121 e. The summed E-state index contributed by atoms with van der Waals surface area (Å²) in [7, 11) is 0. The van der Waals surface area contributed by atoms with Gasteiger partial charge in [0.05, 0.1) is 6.61 Å². The molecule has 0 amide bonds. The van der Waals surface area contributed by atoms with E-state index in [-0.39, 0.29) is 0 Å². The molecule has 1 N–H and O–H groups in total. The summed E-state index contributed by atoms with van der Waals surface area (Å²) in [5.41, 5.74) is 1.17. The molecule has 1 aromatic rings. The average molecular weight is 261 g/mol. The first-order valence-corrected chi connectivity index (χ1v) is 7.63. The molecule has 1 aliphatic rings. The van der Waals surface area contributed by atoms with Gasteiger partial charge >= 0.3 is 0 Å². The van der Waals surface area contributed by atoms with Crippen LogP contribution in [0.15, 0.2) is 24.3 Å². The Balaban J connectivity index is 1.83. The SMILES string of the molecule is CC(C)COc1cccc(NC(C)CC2CCC2)c1. The van der Waals surface area contributed by atoms with Gasteiger partial charge in [0.1, 0.15) is 5.75 Å². The predicted molar refractivity (Wildman–Crippen MR) is 81.8 cm³/mol. The molecule has 0 saturated heterocycles. The van der Waals surface area contributed by atoms with E-state index in [1.54, 1.807) is 0 Å². The van der Waals surface area contributed by atoms with Crippen molar-refractivity contribution in [1.29, 1.82) is 0 Å². The fraction of sp³-hybridized carbons (Fsp3) is 0.647. The summed E-state index contributed by atoms with van der Waals surface area (Å²) in [5.74, 6) is 2.48. The summed E-state index contributed by atoms with van der Waals surface area (Å²) in [5, 5.41) is 3.59. The maximum absolute atomic E-state index is 5.76. The lowest BCUT2D eigenvalue weighted by atomic mass is 9.81. The molecule has 0 spiro atoms. The molecule has 0 bridgehead atoms. The van der Waals surface area contributed by atoms with Crippen LogP contribution in [0.5, 0.6) is 5.75 Å². The summed E-state index contributed by atoms with van der Waals surface area (Å²) in [6, 6.07) is 8.88. The number of nitrogens with one attached hydrogen (secondary N) is 1. The molecule has 2 nitrogen and oxygen atoms in total. The Morgan fingerprint density at radius 3 is 2.68 bits per heavy atom. The molecular weight excluding hydrogens is 234 g/mol. The van der Waals surface area contributed by atoms with Crippen molar-refractivity contribution in [3.8, 4) is 5.75 Å². The second-order valence-electron chi connectivity index (χ2n) is 6.31. The van der Waals surface area contributed by atoms with E-state index in [2.05, 4.69) is 44.3 Å². The van der Waals surface area contributed by atoms with Gasteiger partial charge in [0.25, 0.3) is 0 Å². The Hall–Kier alpha value is -1.18. The third-order valence-corrected chi connectivity index (χ3v) is 3.74. The van der Waals surface area contributed by atoms with Gasteiger partial charge in [-0.15, -0.1) is 0 Å². The van der Waals surface area contributed by atoms with Gasteiger partial charge in [-0.3, -0.25) is 0 Å². The number of hydrogen-bond acceptors (Lipinski definition) is 2. The minimum absolute atomic E-state index is 0.547. The molecular formula is C17H27NO. The van der Waals surface area contributed by atoms with Crippen LogP contribution >= 0.6 is 0 Å². The zero-order valence-electron chi connectivity index (χ0n) is 12.5. The molecule has 0 aromatic heterocycles. The highest BCUT2D eigenvalue weighted by atomic mass is 16.5. The second kappa shape index (κ2) is 6.83. The van der Waals surface area contributed by atoms with E-state index in [0.717, 1.165) is 18.3 Å². The molecule has 1 fully saturated rings. The van der Waals surface area contributed by atoms with Crippen LogP contribution in [-0.2, 0) is 0 Å². The van der Waals surface area contributed by atoms with E-state index in [4.69, 9.17) is 4.74 Å². The molecule has 1 unspecified atom stereocenters. The van der Waals surface area contributed by atoms with Crippen LogP contribution in [0.25, 0.3) is 0 Å². The van der Waals surface area contributed by atoms with E-state index in [9.17, 15) is 0 Å². The number of anilines is 1. The van der Waals surface area contributed by atoms with Crippen LogP contribution in [-0.4, -0.2) is 12.6 Å². The number of hydrogen-bond donors (Lipinski definition) is 1. The predicted octanol–water partition coefficient (Wildman–Crippen LogP) is 4.71. The second-order valence-corrected chi connectivity index (χ2v) is 6.31. The fourth-order valence-corrected chi connectivity index (χ4v) is 2.51. The molecule has 0 aliphatic heterocycles.